The Morgan fingerprint density at radius 2 is 2.00 bits per heavy atom. The average molecular weight is 294 g/mol. The van der Waals surface area contributed by atoms with Gasteiger partial charge in [0.15, 0.2) is 0 Å². The van der Waals surface area contributed by atoms with Crippen molar-refractivity contribution in [2.24, 2.45) is 0 Å². The van der Waals surface area contributed by atoms with Crippen molar-refractivity contribution < 1.29 is 19.7 Å². The van der Waals surface area contributed by atoms with Crippen molar-refractivity contribution in [2.75, 3.05) is 6.54 Å². The van der Waals surface area contributed by atoms with Gasteiger partial charge in [-0.05, 0) is 20.8 Å². The molecule has 0 aliphatic heterocycles. The molecule has 21 heavy (non-hydrogen) atoms. The van der Waals surface area contributed by atoms with Crippen LogP contribution in [0.1, 0.15) is 38.3 Å². The lowest BCUT2D eigenvalue weighted by molar-refractivity contribution is 0.0126. The molecule has 1 rings (SSSR count). The first-order chi connectivity index (χ1) is 9.73. The Balaban J connectivity index is 2.52. The number of nitrogens with one attached hydrogen (secondary N) is 1. The summed E-state index contributed by atoms with van der Waals surface area (Å²) in [6.45, 7) is 4.94. The summed E-state index contributed by atoms with van der Waals surface area (Å²) in [6, 6.07) is 1.74. The van der Waals surface area contributed by atoms with Gasteiger partial charge in [-0.2, -0.15) is 5.26 Å². The Hall–Kier alpha value is -2.24. The van der Waals surface area contributed by atoms with Gasteiger partial charge < -0.3 is 20.3 Å². The van der Waals surface area contributed by atoms with Crippen molar-refractivity contribution in [3.8, 4) is 6.07 Å². The van der Waals surface area contributed by atoms with Crippen molar-refractivity contribution in [3.05, 3.63) is 23.8 Å². The van der Waals surface area contributed by atoms with Crippen LogP contribution in [0.25, 0.3) is 0 Å². The molecule has 8 nitrogen and oxygen atoms in total. The van der Waals surface area contributed by atoms with Gasteiger partial charge in [0.1, 0.15) is 23.9 Å². The molecule has 8 heteroatoms. The Bertz CT molecular complexity index is 518. The Labute approximate surface area is 122 Å². The van der Waals surface area contributed by atoms with E-state index >= 15 is 0 Å². The van der Waals surface area contributed by atoms with Gasteiger partial charge >= 0.3 is 6.09 Å². The minimum Gasteiger partial charge on any atom is -0.444 e. The topological polar surface area (TPSA) is 128 Å². The highest BCUT2D eigenvalue weighted by molar-refractivity contribution is 5.67. The lowest BCUT2D eigenvalue weighted by Crippen LogP contribution is -2.38. The normalized spacial score (nSPS) is 13.9. The molecule has 3 N–H and O–H groups in total. The van der Waals surface area contributed by atoms with Gasteiger partial charge in [0.2, 0.25) is 5.82 Å². The molecule has 1 amide bonds. The summed E-state index contributed by atoms with van der Waals surface area (Å²) in [6.07, 6.45) is -0.744. The van der Waals surface area contributed by atoms with Crippen molar-refractivity contribution in [2.45, 2.75) is 38.6 Å². The molecule has 0 saturated heterocycles. The summed E-state index contributed by atoms with van der Waals surface area (Å²) in [5.41, 5.74) is -0.401. The SMILES string of the molecule is CC(C)(C)OC(=O)NCC(O)C(O)c1cnc(C#N)nc1. The maximum atomic E-state index is 11.4. The summed E-state index contributed by atoms with van der Waals surface area (Å²) < 4.78 is 5.00. The highest BCUT2D eigenvalue weighted by atomic mass is 16.6. The third kappa shape index (κ3) is 5.72. The maximum absolute atomic E-state index is 11.4. The van der Waals surface area contributed by atoms with Crippen LogP contribution in [0.4, 0.5) is 4.79 Å². The second-order valence-electron chi connectivity index (χ2n) is 5.35. The molecule has 0 radical (unpaired) electrons. The van der Waals surface area contributed by atoms with Crippen LogP contribution >= 0.6 is 0 Å². The predicted octanol–water partition coefficient (Wildman–Crippen LogP) is 0.267. The average Bonchev–Trinajstić information content (AvgIpc) is 2.42. The Kier molecular flexibility index (Phi) is 5.58. The summed E-state index contributed by atoms with van der Waals surface area (Å²) in [5, 5.41) is 30.6. The number of hydrogen-bond donors (Lipinski definition) is 3. The number of ether oxygens (including phenoxy) is 1. The van der Waals surface area contributed by atoms with Crippen LogP contribution in [0.2, 0.25) is 0 Å². The molecular formula is C13H18N4O4. The van der Waals surface area contributed by atoms with E-state index in [2.05, 4.69) is 15.3 Å². The first-order valence-corrected chi connectivity index (χ1v) is 6.28. The molecule has 2 unspecified atom stereocenters. The number of carbonyl (C=O) groups excluding carboxylic acids is 1. The van der Waals surface area contributed by atoms with Crippen molar-refractivity contribution in [3.63, 3.8) is 0 Å². The number of alkyl carbamates (subject to hydrolysis) is 1. The molecule has 0 bridgehead atoms. The van der Waals surface area contributed by atoms with Crippen molar-refractivity contribution in [1.82, 2.24) is 15.3 Å². The minimum atomic E-state index is -1.28. The van der Waals surface area contributed by atoms with E-state index in [-0.39, 0.29) is 17.9 Å². The summed E-state index contributed by atoms with van der Waals surface area (Å²) in [7, 11) is 0. The largest absolute Gasteiger partial charge is 0.444 e. The van der Waals surface area contributed by atoms with Gasteiger partial charge in [0.25, 0.3) is 0 Å². The van der Waals surface area contributed by atoms with E-state index in [0.717, 1.165) is 0 Å². The van der Waals surface area contributed by atoms with Gasteiger partial charge in [-0.15, -0.1) is 0 Å². The first-order valence-electron chi connectivity index (χ1n) is 6.28. The molecule has 0 saturated carbocycles. The summed E-state index contributed by atoms with van der Waals surface area (Å²) in [4.78, 5) is 18.8. The number of rotatable bonds is 4. The predicted molar refractivity (Wildman–Crippen MR) is 72.0 cm³/mol. The van der Waals surface area contributed by atoms with Crippen LogP contribution in [0.15, 0.2) is 12.4 Å². The minimum absolute atomic E-state index is 0.0349. The van der Waals surface area contributed by atoms with E-state index in [1.165, 1.54) is 12.4 Å². The first kappa shape index (κ1) is 16.8. The van der Waals surface area contributed by atoms with E-state index in [0.29, 0.717) is 0 Å². The molecule has 1 heterocycles. The van der Waals surface area contributed by atoms with E-state index < -0.39 is 23.9 Å². The third-order valence-electron chi connectivity index (χ3n) is 2.33. The Morgan fingerprint density at radius 3 is 2.48 bits per heavy atom. The van der Waals surface area contributed by atoms with E-state index in [1.807, 2.05) is 0 Å². The van der Waals surface area contributed by atoms with E-state index in [1.54, 1.807) is 26.8 Å². The lowest BCUT2D eigenvalue weighted by Gasteiger charge is -2.22. The van der Waals surface area contributed by atoms with Crippen molar-refractivity contribution in [1.29, 1.82) is 5.26 Å². The number of amides is 1. The van der Waals surface area contributed by atoms with E-state index in [4.69, 9.17) is 10.00 Å². The molecule has 0 aliphatic carbocycles. The van der Waals surface area contributed by atoms with Crippen LogP contribution in [-0.2, 0) is 4.74 Å². The fourth-order valence-corrected chi connectivity index (χ4v) is 1.38. The number of carbonyl (C=O) groups is 1. The van der Waals surface area contributed by atoms with Gasteiger partial charge in [0.05, 0.1) is 0 Å². The van der Waals surface area contributed by atoms with Gasteiger partial charge in [-0.3, -0.25) is 0 Å². The van der Waals surface area contributed by atoms with Crippen LogP contribution in [-0.4, -0.2) is 44.5 Å². The fourth-order valence-electron chi connectivity index (χ4n) is 1.38. The third-order valence-corrected chi connectivity index (χ3v) is 2.33. The van der Waals surface area contributed by atoms with E-state index in [9.17, 15) is 15.0 Å². The highest BCUT2D eigenvalue weighted by Crippen LogP contribution is 2.14. The molecule has 0 spiro atoms. The number of aromatic nitrogens is 2. The molecule has 1 aromatic heterocycles. The van der Waals surface area contributed by atoms with Gasteiger partial charge in [-0.1, -0.05) is 0 Å². The second kappa shape index (κ2) is 6.97. The molecule has 0 aliphatic rings. The van der Waals surface area contributed by atoms with Crippen LogP contribution in [0.3, 0.4) is 0 Å². The second-order valence-corrected chi connectivity index (χ2v) is 5.35. The molecule has 1 aromatic rings. The number of aliphatic hydroxyl groups is 2. The van der Waals surface area contributed by atoms with Crippen LogP contribution in [0, 0.1) is 11.3 Å². The smallest absolute Gasteiger partial charge is 0.407 e. The zero-order chi connectivity index (χ0) is 16.0. The molecule has 114 valence electrons. The zero-order valence-corrected chi connectivity index (χ0v) is 12.1. The fraction of sp³-hybridized carbons (Fsp3) is 0.538. The summed E-state index contributed by atoms with van der Waals surface area (Å²) >= 11 is 0. The molecule has 0 aromatic carbocycles. The summed E-state index contributed by atoms with van der Waals surface area (Å²) in [5.74, 6) is -0.0349. The van der Waals surface area contributed by atoms with Gasteiger partial charge in [-0.25, -0.2) is 14.8 Å². The van der Waals surface area contributed by atoms with Crippen LogP contribution < -0.4 is 5.32 Å². The van der Waals surface area contributed by atoms with Crippen LogP contribution in [0.5, 0.6) is 0 Å². The van der Waals surface area contributed by atoms with Crippen molar-refractivity contribution >= 4 is 6.09 Å². The monoisotopic (exact) mass is 294 g/mol. The highest BCUT2D eigenvalue weighted by Gasteiger charge is 2.22. The maximum Gasteiger partial charge on any atom is 0.407 e. The Morgan fingerprint density at radius 1 is 1.43 bits per heavy atom. The number of hydrogen-bond acceptors (Lipinski definition) is 7. The molecule has 2 atom stereocenters. The van der Waals surface area contributed by atoms with Gasteiger partial charge in [0, 0.05) is 24.5 Å². The molecular weight excluding hydrogens is 276 g/mol. The number of nitriles is 1. The molecule has 0 fully saturated rings. The number of aliphatic hydroxyl groups excluding tert-OH is 2. The lowest BCUT2D eigenvalue weighted by atomic mass is 10.1. The standard InChI is InChI=1S/C13H18N4O4/c1-13(2,3)21-12(20)17-7-9(18)11(19)8-5-15-10(4-14)16-6-8/h5-6,9,11,18-19H,7H2,1-3H3,(H,17,20). The number of nitrogens with zero attached hydrogens (tertiary/aromatic N) is 3. The quantitative estimate of drug-likeness (QED) is 0.726. The zero-order valence-electron chi connectivity index (χ0n) is 12.1.